The van der Waals surface area contributed by atoms with Crippen molar-refractivity contribution >= 4 is 11.9 Å². The van der Waals surface area contributed by atoms with E-state index in [0.717, 1.165) is 22.3 Å². The minimum atomic E-state index is -1.13. The standard InChI is InChI=1S/C33H32O6/c1-4-33(3,5-2)32(38-36-30(34)28-20-16-26(17-21-28)24-12-8-6-9-13-24)39-37-31(35)29-22-18-27(19-23-29)25-14-10-7-11-15-25/h6-23,32H,4-5H2,1-3H3. The van der Waals surface area contributed by atoms with Crippen molar-refractivity contribution in [1.82, 2.24) is 0 Å². The lowest BCUT2D eigenvalue weighted by atomic mass is 9.84. The summed E-state index contributed by atoms with van der Waals surface area (Å²) in [5.41, 5.74) is 4.08. The Morgan fingerprint density at radius 1 is 0.564 bits per heavy atom. The van der Waals surface area contributed by atoms with Crippen molar-refractivity contribution in [2.45, 2.75) is 39.9 Å². The average molecular weight is 525 g/mol. The van der Waals surface area contributed by atoms with Gasteiger partial charge in [-0.05, 0) is 59.4 Å². The highest BCUT2D eigenvalue weighted by molar-refractivity contribution is 5.90. The minimum absolute atomic E-state index is 0.318. The predicted octanol–water partition coefficient (Wildman–Crippen LogP) is 8.05. The molecule has 4 aromatic rings. The smallest absolute Gasteiger partial charge is 0.290 e. The Bertz CT molecular complexity index is 1250. The van der Waals surface area contributed by atoms with Crippen LogP contribution in [0.5, 0.6) is 0 Å². The fourth-order valence-electron chi connectivity index (χ4n) is 3.96. The third-order valence-electron chi connectivity index (χ3n) is 7.06. The van der Waals surface area contributed by atoms with Crippen molar-refractivity contribution in [1.29, 1.82) is 0 Å². The highest BCUT2D eigenvalue weighted by Gasteiger charge is 2.37. The van der Waals surface area contributed by atoms with E-state index in [9.17, 15) is 9.59 Å². The summed E-state index contributed by atoms with van der Waals surface area (Å²) in [7, 11) is 0. The van der Waals surface area contributed by atoms with E-state index in [2.05, 4.69) is 0 Å². The third kappa shape index (κ3) is 6.99. The van der Waals surface area contributed by atoms with E-state index in [0.29, 0.717) is 24.0 Å². The van der Waals surface area contributed by atoms with E-state index in [4.69, 9.17) is 19.6 Å². The molecule has 0 bridgehead atoms. The van der Waals surface area contributed by atoms with Gasteiger partial charge in [-0.1, -0.05) is 106 Å². The minimum Gasteiger partial charge on any atom is -0.290 e. The first-order valence-corrected chi connectivity index (χ1v) is 13.0. The Morgan fingerprint density at radius 3 is 1.23 bits per heavy atom. The zero-order chi connectivity index (χ0) is 27.7. The van der Waals surface area contributed by atoms with Gasteiger partial charge >= 0.3 is 11.9 Å². The molecule has 0 fully saturated rings. The maximum atomic E-state index is 12.7. The maximum absolute atomic E-state index is 12.7. The van der Waals surface area contributed by atoms with Crippen LogP contribution in [0.1, 0.15) is 54.3 Å². The van der Waals surface area contributed by atoms with E-state index in [1.165, 1.54) is 0 Å². The second-order valence-corrected chi connectivity index (χ2v) is 9.51. The molecule has 39 heavy (non-hydrogen) atoms. The molecule has 4 aromatic carbocycles. The average Bonchev–Trinajstić information content (AvgIpc) is 3.01. The molecule has 0 aromatic heterocycles. The first-order valence-electron chi connectivity index (χ1n) is 13.0. The monoisotopic (exact) mass is 524 g/mol. The van der Waals surface area contributed by atoms with Crippen molar-refractivity contribution in [2.24, 2.45) is 5.41 Å². The topological polar surface area (TPSA) is 71.1 Å². The van der Waals surface area contributed by atoms with Crippen LogP contribution >= 0.6 is 0 Å². The summed E-state index contributed by atoms with van der Waals surface area (Å²) in [6.45, 7) is 5.82. The molecule has 4 rings (SSSR count). The number of hydrogen-bond acceptors (Lipinski definition) is 6. The molecular weight excluding hydrogens is 492 g/mol. The van der Waals surface area contributed by atoms with Crippen molar-refractivity contribution < 1.29 is 29.1 Å². The molecule has 6 heteroatoms. The Hall–Kier alpha value is -4.26. The van der Waals surface area contributed by atoms with Gasteiger partial charge in [0.05, 0.1) is 11.1 Å². The fraction of sp³-hybridized carbons (Fsp3) is 0.212. The normalized spacial score (nSPS) is 11.3. The molecule has 0 radical (unpaired) electrons. The number of carbonyl (C=O) groups is 2. The van der Waals surface area contributed by atoms with Crippen molar-refractivity contribution in [3.63, 3.8) is 0 Å². The lowest BCUT2D eigenvalue weighted by Gasteiger charge is -2.32. The molecule has 0 unspecified atom stereocenters. The van der Waals surface area contributed by atoms with Gasteiger partial charge in [-0.2, -0.15) is 0 Å². The van der Waals surface area contributed by atoms with Crippen LogP contribution in [-0.4, -0.2) is 18.2 Å². The molecule has 0 saturated carbocycles. The summed E-state index contributed by atoms with van der Waals surface area (Å²) in [5, 5.41) is 0. The van der Waals surface area contributed by atoms with Crippen LogP contribution in [0.15, 0.2) is 109 Å². The van der Waals surface area contributed by atoms with Gasteiger partial charge in [-0.25, -0.2) is 9.59 Å². The molecule has 0 aliphatic rings. The van der Waals surface area contributed by atoms with Crippen LogP contribution in [0.2, 0.25) is 0 Å². The highest BCUT2D eigenvalue weighted by atomic mass is 17.3. The predicted molar refractivity (Wildman–Crippen MR) is 149 cm³/mol. The second-order valence-electron chi connectivity index (χ2n) is 9.51. The molecule has 0 N–H and O–H groups in total. The molecule has 0 atom stereocenters. The number of benzene rings is 4. The van der Waals surface area contributed by atoms with E-state index < -0.39 is 23.6 Å². The van der Waals surface area contributed by atoms with E-state index in [1.807, 2.05) is 106 Å². The van der Waals surface area contributed by atoms with Crippen LogP contribution in [0.3, 0.4) is 0 Å². The molecule has 6 nitrogen and oxygen atoms in total. The van der Waals surface area contributed by atoms with E-state index in [1.54, 1.807) is 24.3 Å². The van der Waals surface area contributed by atoms with Crippen LogP contribution in [0.25, 0.3) is 22.3 Å². The zero-order valence-electron chi connectivity index (χ0n) is 22.3. The number of carbonyl (C=O) groups excluding carboxylic acids is 2. The number of rotatable bonds is 11. The van der Waals surface area contributed by atoms with Crippen molar-refractivity contribution in [3.8, 4) is 22.3 Å². The van der Waals surface area contributed by atoms with E-state index in [-0.39, 0.29) is 0 Å². The molecule has 0 aliphatic heterocycles. The van der Waals surface area contributed by atoms with Gasteiger partial charge in [0.25, 0.3) is 6.29 Å². The quantitative estimate of drug-likeness (QED) is 0.112. The molecule has 0 spiro atoms. The Morgan fingerprint density at radius 2 is 0.897 bits per heavy atom. The Balaban J connectivity index is 1.38. The molecule has 200 valence electrons. The van der Waals surface area contributed by atoms with Crippen molar-refractivity contribution in [2.75, 3.05) is 0 Å². The van der Waals surface area contributed by atoms with Gasteiger partial charge in [0, 0.05) is 5.41 Å². The molecule has 0 saturated heterocycles. The molecule has 0 amide bonds. The summed E-state index contributed by atoms with van der Waals surface area (Å²) in [5.74, 6) is -1.36. The van der Waals surface area contributed by atoms with E-state index >= 15 is 0 Å². The number of hydrogen-bond donors (Lipinski definition) is 0. The van der Waals surface area contributed by atoms with Gasteiger partial charge in [0.15, 0.2) is 0 Å². The Labute approximate surface area is 229 Å². The largest absolute Gasteiger partial charge is 0.373 e. The highest BCUT2D eigenvalue weighted by Crippen LogP contribution is 2.33. The Kier molecular flexibility index (Phi) is 9.26. The lowest BCUT2D eigenvalue weighted by molar-refractivity contribution is -0.445. The first kappa shape index (κ1) is 27.8. The van der Waals surface area contributed by atoms with Gasteiger partial charge in [0.2, 0.25) is 0 Å². The maximum Gasteiger partial charge on any atom is 0.373 e. The second kappa shape index (κ2) is 13.0. The van der Waals surface area contributed by atoms with Crippen LogP contribution in [0.4, 0.5) is 0 Å². The van der Waals surface area contributed by atoms with Gasteiger partial charge in [-0.3, -0.25) is 9.78 Å². The first-order chi connectivity index (χ1) is 18.9. The summed E-state index contributed by atoms with van der Waals surface area (Å²) in [4.78, 5) is 46.5. The zero-order valence-corrected chi connectivity index (χ0v) is 22.3. The molecule has 0 aliphatic carbocycles. The van der Waals surface area contributed by atoms with Gasteiger partial charge in [0.1, 0.15) is 0 Å². The summed E-state index contributed by atoms with van der Waals surface area (Å²) in [6.07, 6.45) is 0.120. The van der Waals surface area contributed by atoms with Gasteiger partial charge in [-0.15, -0.1) is 9.78 Å². The summed E-state index contributed by atoms with van der Waals surface area (Å²) >= 11 is 0. The summed E-state index contributed by atoms with van der Waals surface area (Å²) < 4.78 is 0. The van der Waals surface area contributed by atoms with Crippen LogP contribution in [-0.2, 0) is 19.6 Å². The van der Waals surface area contributed by atoms with Crippen LogP contribution in [0, 0.1) is 5.41 Å². The lowest BCUT2D eigenvalue weighted by Crippen LogP contribution is -2.37. The SMILES string of the molecule is CCC(C)(CC)C(OOC(=O)c1ccc(-c2ccccc2)cc1)OOC(=O)c1ccc(-c2ccccc2)cc1. The summed E-state index contributed by atoms with van der Waals surface area (Å²) in [6, 6.07) is 33.7. The van der Waals surface area contributed by atoms with Gasteiger partial charge < -0.3 is 0 Å². The molecule has 0 heterocycles. The van der Waals surface area contributed by atoms with Crippen LogP contribution < -0.4 is 0 Å². The van der Waals surface area contributed by atoms with Crippen molar-refractivity contribution in [3.05, 3.63) is 120 Å². The fourth-order valence-corrected chi connectivity index (χ4v) is 3.96. The third-order valence-corrected chi connectivity index (χ3v) is 7.06. The molecular formula is C33H32O6.